The number of halogens is 2. The third-order valence-electron chi connectivity index (χ3n) is 3.36. The van der Waals surface area contributed by atoms with E-state index in [0.717, 1.165) is 24.8 Å². The summed E-state index contributed by atoms with van der Waals surface area (Å²) in [5.41, 5.74) is 0.619. The van der Waals surface area contributed by atoms with Crippen molar-refractivity contribution in [3.05, 3.63) is 35.4 Å². The van der Waals surface area contributed by atoms with Crippen molar-refractivity contribution in [2.45, 2.75) is 38.0 Å². The van der Waals surface area contributed by atoms with Crippen LogP contribution >= 0.6 is 0 Å². The van der Waals surface area contributed by atoms with Gasteiger partial charge in [-0.25, -0.2) is 4.79 Å². The van der Waals surface area contributed by atoms with Gasteiger partial charge in [-0.15, -0.1) is 0 Å². The number of rotatable bonds is 4. The van der Waals surface area contributed by atoms with E-state index in [4.69, 9.17) is 0 Å². The third-order valence-corrected chi connectivity index (χ3v) is 3.36. The van der Waals surface area contributed by atoms with E-state index in [1.807, 2.05) is 6.07 Å². The van der Waals surface area contributed by atoms with Crippen molar-refractivity contribution in [3.63, 3.8) is 0 Å². The molecule has 0 N–H and O–H groups in total. The van der Waals surface area contributed by atoms with Crippen LogP contribution in [0, 0.1) is 0 Å². The first-order valence-corrected chi connectivity index (χ1v) is 6.21. The summed E-state index contributed by atoms with van der Waals surface area (Å²) < 4.78 is 32.1. The predicted octanol–water partition coefficient (Wildman–Crippen LogP) is 3.61. The van der Waals surface area contributed by atoms with Gasteiger partial charge in [0.2, 0.25) is 0 Å². The molecule has 0 amide bonds. The molecule has 98 valence electrons. The molecule has 0 aromatic heterocycles. The largest absolute Gasteiger partial charge is 0.461 e. The maximum absolute atomic E-state index is 13.8. The minimum Gasteiger partial charge on any atom is -0.461 e. The normalized spacial score (nSPS) is 16.2. The highest BCUT2D eigenvalue weighted by molar-refractivity contribution is 5.79. The number of carbonyl (C=O) groups excluding carboxylic acids is 1. The maximum Gasteiger partial charge on any atom is 0.381 e. The summed E-state index contributed by atoms with van der Waals surface area (Å²) in [7, 11) is 0. The quantitative estimate of drug-likeness (QED) is 0.767. The Balaban J connectivity index is 2.23. The van der Waals surface area contributed by atoms with Crippen molar-refractivity contribution >= 4 is 5.97 Å². The average Bonchev–Trinajstić information content (AvgIpc) is 2.27. The first-order chi connectivity index (χ1) is 8.55. The summed E-state index contributed by atoms with van der Waals surface area (Å²) in [6, 6.07) is 6.13. The summed E-state index contributed by atoms with van der Waals surface area (Å²) in [4.78, 5) is 11.3. The molecule has 2 nitrogen and oxygen atoms in total. The fourth-order valence-electron chi connectivity index (χ4n) is 2.07. The second-order valence-corrected chi connectivity index (χ2v) is 4.55. The molecule has 18 heavy (non-hydrogen) atoms. The van der Waals surface area contributed by atoms with E-state index in [9.17, 15) is 13.6 Å². The Morgan fingerprint density at radius 1 is 1.44 bits per heavy atom. The Morgan fingerprint density at radius 3 is 2.72 bits per heavy atom. The first kappa shape index (κ1) is 13.0. The van der Waals surface area contributed by atoms with E-state index >= 15 is 0 Å². The number of alkyl halides is 2. The highest BCUT2D eigenvalue weighted by Gasteiger charge is 2.43. The monoisotopic (exact) mass is 254 g/mol. The highest BCUT2D eigenvalue weighted by Crippen LogP contribution is 2.38. The number of hydrogen-bond acceptors (Lipinski definition) is 2. The molecule has 2 rings (SSSR count). The Labute approximate surface area is 105 Å². The molecular formula is C14H16F2O2. The molecular weight excluding hydrogens is 238 g/mol. The summed E-state index contributed by atoms with van der Waals surface area (Å²) in [6.45, 7) is 1.47. The smallest absolute Gasteiger partial charge is 0.381 e. The van der Waals surface area contributed by atoms with Gasteiger partial charge in [0.05, 0.1) is 6.61 Å². The van der Waals surface area contributed by atoms with Crippen molar-refractivity contribution in [3.8, 4) is 0 Å². The SMILES string of the molecule is CCOC(=O)C(F)(F)c1cccc(C2CCC2)c1. The van der Waals surface area contributed by atoms with E-state index in [1.165, 1.54) is 19.1 Å². The molecule has 1 fully saturated rings. The summed E-state index contributed by atoms with van der Waals surface area (Å²) in [5, 5.41) is 0. The summed E-state index contributed by atoms with van der Waals surface area (Å²) >= 11 is 0. The molecule has 1 aliphatic rings. The molecule has 0 radical (unpaired) electrons. The molecule has 0 saturated heterocycles. The molecule has 4 heteroatoms. The Bertz CT molecular complexity index is 439. The fourth-order valence-corrected chi connectivity index (χ4v) is 2.07. The fraction of sp³-hybridized carbons (Fsp3) is 0.500. The molecule has 1 saturated carbocycles. The lowest BCUT2D eigenvalue weighted by atomic mass is 9.79. The molecule has 0 heterocycles. The van der Waals surface area contributed by atoms with Crippen LogP contribution in [0.25, 0.3) is 0 Å². The molecule has 1 aromatic rings. The van der Waals surface area contributed by atoms with Crippen LogP contribution in [0.4, 0.5) is 8.78 Å². The molecule has 0 aliphatic heterocycles. The Hall–Kier alpha value is -1.45. The van der Waals surface area contributed by atoms with Crippen LogP contribution in [-0.4, -0.2) is 12.6 Å². The van der Waals surface area contributed by atoms with Crippen LogP contribution in [0.5, 0.6) is 0 Å². The zero-order valence-corrected chi connectivity index (χ0v) is 10.3. The van der Waals surface area contributed by atoms with Crippen LogP contribution in [0.2, 0.25) is 0 Å². The minimum atomic E-state index is -3.56. The topological polar surface area (TPSA) is 26.3 Å². The van der Waals surface area contributed by atoms with E-state index in [2.05, 4.69) is 4.74 Å². The third kappa shape index (κ3) is 2.37. The van der Waals surface area contributed by atoms with E-state index in [0.29, 0.717) is 5.92 Å². The zero-order chi connectivity index (χ0) is 13.2. The van der Waals surface area contributed by atoms with Crippen LogP contribution in [-0.2, 0) is 15.5 Å². The number of ether oxygens (including phenoxy) is 1. The lowest BCUT2D eigenvalue weighted by molar-refractivity contribution is -0.173. The van der Waals surface area contributed by atoms with Crippen molar-refractivity contribution in [1.29, 1.82) is 0 Å². The zero-order valence-electron chi connectivity index (χ0n) is 10.3. The van der Waals surface area contributed by atoms with Gasteiger partial charge >= 0.3 is 11.9 Å². The molecule has 1 aliphatic carbocycles. The van der Waals surface area contributed by atoms with Crippen molar-refractivity contribution in [1.82, 2.24) is 0 Å². The highest BCUT2D eigenvalue weighted by atomic mass is 19.3. The van der Waals surface area contributed by atoms with Crippen molar-refractivity contribution in [2.24, 2.45) is 0 Å². The second kappa shape index (κ2) is 5.04. The van der Waals surface area contributed by atoms with Crippen molar-refractivity contribution in [2.75, 3.05) is 6.61 Å². The van der Waals surface area contributed by atoms with Gasteiger partial charge < -0.3 is 4.74 Å². The Kier molecular flexibility index (Phi) is 3.64. The van der Waals surface area contributed by atoms with Gasteiger partial charge in [-0.2, -0.15) is 8.78 Å². The summed E-state index contributed by atoms with van der Waals surface area (Å²) in [5.74, 6) is -4.67. The first-order valence-electron chi connectivity index (χ1n) is 6.21. The number of carbonyl (C=O) groups is 1. The van der Waals surface area contributed by atoms with Crippen LogP contribution in [0.15, 0.2) is 24.3 Å². The molecule has 0 atom stereocenters. The van der Waals surface area contributed by atoms with E-state index < -0.39 is 11.9 Å². The number of esters is 1. The number of hydrogen-bond donors (Lipinski definition) is 0. The lowest BCUT2D eigenvalue weighted by Crippen LogP contribution is -2.28. The van der Waals surface area contributed by atoms with Crippen LogP contribution < -0.4 is 0 Å². The lowest BCUT2D eigenvalue weighted by Gasteiger charge is -2.26. The summed E-state index contributed by atoms with van der Waals surface area (Å²) in [6.07, 6.45) is 3.21. The molecule has 0 bridgehead atoms. The van der Waals surface area contributed by atoms with Gasteiger partial charge in [-0.3, -0.25) is 0 Å². The number of benzene rings is 1. The molecule has 0 unspecified atom stereocenters. The standard InChI is InChI=1S/C14H16F2O2/c1-2-18-13(17)14(15,16)12-8-4-7-11(9-12)10-5-3-6-10/h4,7-10H,2-3,5-6H2,1H3. The minimum absolute atomic E-state index is 0.0449. The van der Waals surface area contributed by atoms with E-state index in [1.54, 1.807) is 6.07 Å². The van der Waals surface area contributed by atoms with Gasteiger partial charge in [-0.05, 0) is 37.3 Å². The second-order valence-electron chi connectivity index (χ2n) is 4.55. The van der Waals surface area contributed by atoms with Gasteiger partial charge in [0, 0.05) is 5.56 Å². The van der Waals surface area contributed by atoms with Crippen molar-refractivity contribution < 1.29 is 18.3 Å². The van der Waals surface area contributed by atoms with Crippen LogP contribution in [0.1, 0.15) is 43.2 Å². The van der Waals surface area contributed by atoms with Crippen LogP contribution in [0.3, 0.4) is 0 Å². The molecule has 1 aromatic carbocycles. The Morgan fingerprint density at radius 2 is 2.17 bits per heavy atom. The maximum atomic E-state index is 13.8. The van der Waals surface area contributed by atoms with Gasteiger partial charge in [-0.1, -0.05) is 24.6 Å². The van der Waals surface area contributed by atoms with Gasteiger partial charge in [0.25, 0.3) is 0 Å². The van der Waals surface area contributed by atoms with E-state index in [-0.39, 0.29) is 12.2 Å². The van der Waals surface area contributed by atoms with Gasteiger partial charge in [0.1, 0.15) is 0 Å². The predicted molar refractivity (Wildman–Crippen MR) is 63.6 cm³/mol. The van der Waals surface area contributed by atoms with Gasteiger partial charge in [0.15, 0.2) is 0 Å². The molecule has 0 spiro atoms. The average molecular weight is 254 g/mol.